The van der Waals surface area contributed by atoms with Gasteiger partial charge in [-0.05, 0) is 11.6 Å². The molecule has 1 aromatic carbocycles. The summed E-state index contributed by atoms with van der Waals surface area (Å²) in [7, 11) is 0. The quantitative estimate of drug-likeness (QED) is 0.848. The molecular weight excluding hydrogens is 323 g/mol. The lowest BCUT2D eigenvalue weighted by Crippen LogP contribution is -2.27. The van der Waals surface area contributed by atoms with E-state index in [0.717, 1.165) is 5.56 Å². The number of carbonyl (C=O) groups excluding carboxylic acids is 1. The summed E-state index contributed by atoms with van der Waals surface area (Å²) in [6.07, 6.45) is -3.21. The number of ether oxygens (including phenoxy) is 1. The molecule has 128 valence electrons. The largest absolute Gasteiger partial charge is 0.468 e. The summed E-state index contributed by atoms with van der Waals surface area (Å²) in [5.41, 5.74) is 6.78. The Balaban J connectivity index is 1.98. The minimum Gasteiger partial charge on any atom is -0.468 e. The van der Waals surface area contributed by atoms with Gasteiger partial charge < -0.3 is 15.8 Å². The molecule has 0 fully saturated rings. The van der Waals surface area contributed by atoms with Gasteiger partial charge in [-0.1, -0.05) is 30.3 Å². The van der Waals surface area contributed by atoms with Crippen LogP contribution in [0.5, 0.6) is 5.88 Å². The molecule has 1 aromatic heterocycles. The van der Waals surface area contributed by atoms with Crippen LogP contribution in [0.25, 0.3) is 0 Å². The number of nitrogens with two attached hydrogens (primary N) is 1. The van der Waals surface area contributed by atoms with E-state index in [1.165, 1.54) is 18.3 Å². The molecule has 8 heteroatoms. The van der Waals surface area contributed by atoms with Crippen LogP contribution in [0, 0.1) is 0 Å². The van der Waals surface area contributed by atoms with Gasteiger partial charge in [0.05, 0.1) is 17.8 Å². The van der Waals surface area contributed by atoms with Gasteiger partial charge in [0.15, 0.2) is 6.61 Å². The summed E-state index contributed by atoms with van der Waals surface area (Å²) in [6.45, 7) is -1.30. The van der Waals surface area contributed by atoms with E-state index in [1.807, 2.05) is 6.07 Å². The third-order valence-electron chi connectivity index (χ3n) is 3.14. The fraction of sp³-hybridized carbons (Fsp3) is 0.250. The van der Waals surface area contributed by atoms with Crippen LogP contribution >= 0.6 is 0 Å². The molecule has 0 saturated carbocycles. The Hall–Kier alpha value is -2.61. The minimum absolute atomic E-state index is 0.121. The fourth-order valence-electron chi connectivity index (χ4n) is 2.00. The molecule has 1 heterocycles. The standard InChI is InChI=1S/C16H16F3N3O2/c17-16(18,19)10-24-14-7-6-12(9-21-14)22-15(23)13(8-20)11-4-2-1-3-5-11/h1-7,9,13H,8,10,20H2,(H,22,23). The molecular formula is C16H16F3N3O2. The molecule has 2 rings (SSSR count). The maximum atomic E-state index is 12.3. The van der Waals surface area contributed by atoms with Crippen molar-refractivity contribution in [3.63, 3.8) is 0 Å². The Morgan fingerprint density at radius 2 is 1.92 bits per heavy atom. The van der Waals surface area contributed by atoms with E-state index < -0.39 is 18.7 Å². The molecule has 24 heavy (non-hydrogen) atoms. The summed E-state index contributed by atoms with van der Waals surface area (Å²) in [4.78, 5) is 16.0. The second-order valence-electron chi connectivity index (χ2n) is 4.98. The number of rotatable bonds is 6. The van der Waals surface area contributed by atoms with E-state index in [1.54, 1.807) is 24.3 Å². The lowest BCUT2D eigenvalue weighted by Gasteiger charge is -2.15. The number of alkyl halides is 3. The number of halogens is 3. The average molecular weight is 339 g/mol. The zero-order valence-electron chi connectivity index (χ0n) is 12.6. The van der Waals surface area contributed by atoms with Crippen molar-refractivity contribution >= 4 is 11.6 Å². The summed E-state index contributed by atoms with van der Waals surface area (Å²) >= 11 is 0. The van der Waals surface area contributed by atoms with Crippen LogP contribution in [-0.2, 0) is 4.79 Å². The predicted molar refractivity (Wildman–Crippen MR) is 82.7 cm³/mol. The van der Waals surface area contributed by atoms with Crippen molar-refractivity contribution in [2.45, 2.75) is 12.1 Å². The fourth-order valence-corrected chi connectivity index (χ4v) is 2.00. The lowest BCUT2D eigenvalue weighted by atomic mass is 9.98. The van der Waals surface area contributed by atoms with Crippen LogP contribution in [0.4, 0.5) is 18.9 Å². The predicted octanol–water partition coefficient (Wildman–Crippen LogP) is 2.70. The highest BCUT2D eigenvalue weighted by atomic mass is 19.4. The number of nitrogens with one attached hydrogen (secondary N) is 1. The second kappa shape index (κ2) is 7.78. The van der Waals surface area contributed by atoms with E-state index in [2.05, 4.69) is 15.0 Å². The molecule has 5 nitrogen and oxygen atoms in total. The monoisotopic (exact) mass is 339 g/mol. The van der Waals surface area contributed by atoms with Gasteiger partial charge in [-0.15, -0.1) is 0 Å². The first-order valence-electron chi connectivity index (χ1n) is 7.10. The number of carbonyl (C=O) groups is 1. The summed E-state index contributed by atoms with van der Waals surface area (Å²) in [6, 6.07) is 11.7. The van der Waals surface area contributed by atoms with Gasteiger partial charge in [0.2, 0.25) is 11.8 Å². The molecule has 1 unspecified atom stereocenters. The third kappa shape index (κ3) is 5.24. The first-order chi connectivity index (χ1) is 11.4. The van der Waals surface area contributed by atoms with Crippen LogP contribution in [0.2, 0.25) is 0 Å². The molecule has 1 amide bonds. The van der Waals surface area contributed by atoms with Gasteiger partial charge in [0, 0.05) is 12.6 Å². The number of hydrogen-bond acceptors (Lipinski definition) is 4. The zero-order chi connectivity index (χ0) is 17.6. The van der Waals surface area contributed by atoms with E-state index in [4.69, 9.17) is 5.73 Å². The Bertz CT molecular complexity index is 661. The maximum absolute atomic E-state index is 12.3. The van der Waals surface area contributed by atoms with Crippen LogP contribution in [0.15, 0.2) is 48.7 Å². The van der Waals surface area contributed by atoms with Crippen molar-refractivity contribution in [2.24, 2.45) is 5.73 Å². The van der Waals surface area contributed by atoms with Gasteiger partial charge in [0.1, 0.15) is 0 Å². The van der Waals surface area contributed by atoms with Gasteiger partial charge >= 0.3 is 6.18 Å². The molecule has 0 radical (unpaired) electrons. The van der Waals surface area contributed by atoms with Crippen molar-refractivity contribution in [3.05, 3.63) is 54.2 Å². The van der Waals surface area contributed by atoms with E-state index >= 15 is 0 Å². The molecule has 0 aliphatic heterocycles. The molecule has 1 atom stereocenters. The van der Waals surface area contributed by atoms with Crippen molar-refractivity contribution in [3.8, 4) is 5.88 Å². The van der Waals surface area contributed by atoms with Crippen LogP contribution in [0.1, 0.15) is 11.5 Å². The topological polar surface area (TPSA) is 77.2 Å². The SMILES string of the molecule is NCC(C(=O)Nc1ccc(OCC(F)(F)F)nc1)c1ccccc1. The number of pyridine rings is 1. The number of benzene rings is 1. The number of amides is 1. The molecule has 0 aliphatic rings. The summed E-state index contributed by atoms with van der Waals surface area (Å²) in [5, 5.41) is 2.63. The number of hydrogen-bond donors (Lipinski definition) is 2. The van der Waals surface area contributed by atoms with Gasteiger partial charge in [0.25, 0.3) is 0 Å². The Morgan fingerprint density at radius 3 is 2.46 bits per heavy atom. The highest BCUT2D eigenvalue weighted by molar-refractivity contribution is 5.95. The minimum atomic E-state index is -4.43. The third-order valence-corrected chi connectivity index (χ3v) is 3.14. The smallest absolute Gasteiger partial charge is 0.422 e. The van der Waals surface area contributed by atoms with Crippen molar-refractivity contribution < 1.29 is 22.7 Å². The van der Waals surface area contributed by atoms with Crippen molar-refractivity contribution in [2.75, 3.05) is 18.5 Å². The summed E-state index contributed by atoms with van der Waals surface area (Å²) in [5.74, 6) is -1.04. The highest BCUT2D eigenvalue weighted by Gasteiger charge is 2.28. The molecule has 0 saturated heterocycles. The first-order valence-corrected chi connectivity index (χ1v) is 7.10. The Labute approximate surface area is 136 Å². The van der Waals surface area contributed by atoms with Crippen LogP contribution < -0.4 is 15.8 Å². The number of nitrogens with zero attached hydrogens (tertiary/aromatic N) is 1. The molecule has 0 spiro atoms. The second-order valence-corrected chi connectivity index (χ2v) is 4.98. The normalized spacial score (nSPS) is 12.5. The van der Waals surface area contributed by atoms with E-state index in [9.17, 15) is 18.0 Å². The van der Waals surface area contributed by atoms with Gasteiger partial charge in [-0.25, -0.2) is 4.98 Å². The number of aromatic nitrogens is 1. The van der Waals surface area contributed by atoms with Crippen molar-refractivity contribution in [1.29, 1.82) is 0 Å². The maximum Gasteiger partial charge on any atom is 0.422 e. The van der Waals surface area contributed by atoms with E-state index in [0.29, 0.717) is 5.69 Å². The van der Waals surface area contributed by atoms with Crippen LogP contribution in [-0.4, -0.2) is 30.2 Å². The highest BCUT2D eigenvalue weighted by Crippen LogP contribution is 2.20. The van der Waals surface area contributed by atoms with Crippen LogP contribution in [0.3, 0.4) is 0 Å². The van der Waals surface area contributed by atoms with Crippen molar-refractivity contribution in [1.82, 2.24) is 4.98 Å². The first kappa shape index (κ1) is 17.7. The molecule has 0 bridgehead atoms. The average Bonchev–Trinajstić information content (AvgIpc) is 2.55. The lowest BCUT2D eigenvalue weighted by molar-refractivity contribution is -0.154. The molecule has 2 aromatic rings. The summed E-state index contributed by atoms with van der Waals surface area (Å²) < 4.78 is 40.7. The molecule has 3 N–H and O–H groups in total. The zero-order valence-corrected chi connectivity index (χ0v) is 12.6. The number of anilines is 1. The Kier molecular flexibility index (Phi) is 5.75. The molecule has 0 aliphatic carbocycles. The Morgan fingerprint density at radius 1 is 1.21 bits per heavy atom. The van der Waals surface area contributed by atoms with Gasteiger partial charge in [-0.3, -0.25) is 4.79 Å². The van der Waals surface area contributed by atoms with Gasteiger partial charge in [-0.2, -0.15) is 13.2 Å². The van der Waals surface area contributed by atoms with E-state index in [-0.39, 0.29) is 18.3 Å².